The summed E-state index contributed by atoms with van der Waals surface area (Å²) in [5.41, 5.74) is 0. The highest BCUT2D eigenvalue weighted by atomic mass is 28.4. The van der Waals surface area contributed by atoms with Crippen LogP contribution in [0.15, 0.2) is 0 Å². The van der Waals surface area contributed by atoms with Gasteiger partial charge in [0.05, 0.1) is 0 Å². The Morgan fingerprint density at radius 2 is 1.16 bits per heavy atom. The van der Waals surface area contributed by atoms with Crippen molar-refractivity contribution in [1.29, 1.82) is 0 Å². The molecular weight excluding hydrogens is 248 g/mol. The molecule has 1 unspecified atom stereocenters. The van der Waals surface area contributed by atoms with E-state index in [9.17, 15) is 0 Å². The first-order valence-electron chi connectivity index (χ1n) is 8.67. The molecule has 1 atom stereocenters. The van der Waals surface area contributed by atoms with Crippen LogP contribution in [0.1, 0.15) is 84.5 Å². The molecule has 116 valence electrons. The summed E-state index contributed by atoms with van der Waals surface area (Å²) in [7, 11) is -1.36. The quantitative estimate of drug-likeness (QED) is 0.276. The summed E-state index contributed by atoms with van der Waals surface area (Å²) in [6, 6.07) is 0. The molecule has 0 bridgehead atoms. The van der Waals surface area contributed by atoms with Gasteiger partial charge in [-0.2, -0.15) is 0 Å². The monoisotopic (exact) mass is 286 g/mol. The summed E-state index contributed by atoms with van der Waals surface area (Å²) in [5.74, 6) is 0. The lowest BCUT2D eigenvalue weighted by molar-refractivity contribution is 0.166. The molecule has 1 nitrogen and oxygen atoms in total. The Labute approximate surface area is 123 Å². The molecule has 0 saturated carbocycles. The summed E-state index contributed by atoms with van der Waals surface area (Å²) in [4.78, 5) is 0. The highest BCUT2D eigenvalue weighted by Gasteiger charge is 2.20. The van der Waals surface area contributed by atoms with E-state index in [1.807, 2.05) is 0 Å². The molecule has 19 heavy (non-hydrogen) atoms. The van der Waals surface area contributed by atoms with Crippen LogP contribution in [-0.2, 0) is 4.43 Å². The van der Waals surface area contributed by atoms with E-state index in [4.69, 9.17) is 4.43 Å². The van der Waals surface area contributed by atoms with E-state index in [1.54, 1.807) is 0 Å². The van der Waals surface area contributed by atoms with E-state index in [2.05, 4.69) is 33.5 Å². The molecule has 0 saturated heterocycles. The van der Waals surface area contributed by atoms with E-state index in [1.165, 1.54) is 70.6 Å². The van der Waals surface area contributed by atoms with Crippen molar-refractivity contribution in [2.45, 2.75) is 110 Å². The average molecular weight is 287 g/mol. The van der Waals surface area contributed by atoms with Gasteiger partial charge in [0.1, 0.15) is 0 Å². The molecule has 0 amide bonds. The Balaban J connectivity index is 3.67. The number of hydrogen-bond acceptors (Lipinski definition) is 1. The zero-order valence-corrected chi connectivity index (χ0v) is 15.3. The molecule has 0 rings (SSSR count). The lowest BCUT2D eigenvalue weighted by Gasteiger charge is -2.26. The molecular formula is C17H38OSi. The molecule has 2 heteroatoms. The van der Waals surface area contributed by atoms with Crippen LogP contribution in [0.2, 0.25) is 19.6 Å². The second-order valence-corrected chi connectivity index (χ2v) is 11.4. The third-order valence-corrected chi connectivity index (χ3v) is 4.57. The minimum absolute atomic E-state index is 0.544. The van der Waals surface area contributed by atoms with Crippen LogP contribution in [-0.4, -0.2) is 14.4 Å². The fourth-order valence-electron chi connectivity index (χ4n) is 2.52. The van der Waals surface area contributed by atoms with E-state index in [0.717, 1.165) is 0 Å². The lowest BCUT2D eigenvalue weighted by atomic mass is 10.0. The summed E-state index contributed by atoms with van der Waals surface area (Å²) in [5, 5.41) is 0. The number of unbranched alkanes of at least 4 members (excludes halogenated alkanes) is 7. The van der Waals surface area contributed by atoms with Crippen LogP contribution < -0.4 is 0 Å². The van der Waals surface area contributed by atoms with Crippen molar-refractivity contribution in [3.63, 3.8) is 0 Å². The lowest BCUT2D eigenvalue weighted by Crippen LogP contribution is -2.32. The van der Waals surface area contributed by atoms with Gasteiger partial charge >= 0.3 is 0 Å². The van der Waals surface area contributed by atoms with Gasteiger partial charge in [0, 0.05) is 6.10 Å². The van der Waals surface area contributed by atoms with Crippen molar-refractivity contribution in [2.24, 2.45) is 0 Å². The zero-order chi connectivity index (χ0) is 14.6. The fourth-order valence-corrected chi connectivity index (χ4v) is 3.76. The van der Waals surface area contributed by atoms with Crippen LogP contribution in [0.25, 0.3) is 0 Å². The summed E-state index contributed by atoms with van der Waals surface area (Å²) in [6.07, 6.45) is 15.6. The molecule has 0 aliphatic carbocycles. The Morgan fingerprint density at radius 1 is 0.684 bits per heavy atom. The van der Waals surface area contributed by atoms with Crippen LogP contribution in [0.3, 0.4) is 0 Å². The van der Waals surface area contributed by atoms with Gasteiger partial charge in [-0.25, -0.2) is 0 Å². The molecule has 0 fully saturated rings. The van der Waals surface area contributed by atoms with Crippen LogP contribution in [0.4, 0.5) is 0 Å². The molecule has 0 aliphatic rings. The van der Waals surface area contributed by atoms with Gasteiger partial charge in [0.2, 0.25) is 0 Å². The molecule has 0 aromatic rings. The predicted molar refractivity (Wildman–Crippen MR) is 90.4 cm³/mol. The van der Waals surface area contributed by atoms with Gasteiger partial charge in [0.15, 0.2) is 8.32 Å². The first-order chi connectivity index (χ1) is 8.99. The Bertz CT molecular complexity index is 186. The molecule has 0 aromatic carbocycles. The van der Waals surface area contributed by atoms with E-state index >= 15 is 0 Å². The minimum atomic E-state index is -1.36. The standard InChI is InChI=1S/C17H38OSi/c1-6-8-10-11-12-13-14-16-17(15-9-7-2)18-19(3,4)5/h17H,6-16H2,1-5H3. The highest BCUT2D eigenvalue weighted by Crippen LogP contribution is 2.19. The molecule has 0 heterocycles. The third kappa shape index (κ3) is 14.4. The minimum Gasteiger partial charge on any atom is -0.415 e. The molecule has 0 aromatic heterocycles. The van der Waals surface area contributed by atoms with Crippen molar-refractivity contribution < 1.29 is 4.43 Å². The topological polar surface area (TPSA) is 9.23 Å². The second kappa shape index (κ2) is 12.0. The summed E-state index contributed by atoms with van der Waals surface area (Å²) < 4.78 is 6.32. The third-order valence-electron chi connectivity index (χ3n) is 3.53. The maximum absolute atomic E-state index is 6.32. The van der Waals surface area contributed by atoms with Crippen LogP contribution in [0, 0.1) is 0 Å². The normalized spacial score (nSPS) is 13.7. The Kier molecular flexibility index (Phi) is 12.1. The average Bonchev–Trinajstić information content (AvgIpc) is 2.33. The van der Waals surface area contributed by atoms with Crippen LogP contribution >= 0.6 is 0 Å². The summed E-state index contributed by atoms with van der Waals surface area (Å²) in [6.45, 7) is 11.5. The van der Waals surface area contributed by atoms with Gasteiger partial charge in [-0.05, 0) is 32.5 Å². The number of rotatable bonds is 13. The smallest absolute Gasteiger partial charge is 0.184 e. The maximum atomic E-state index is 6.32. The fraction of sp³-hybridized carbons (Fsp3) is 1.00. The van der Waals surface area contributed by atoms with Gasteiger partial charge < -0.3 is 4.43 Å². The van der Waals surface area contributed by atoms with Crippen molar-refractivity contribution in [2.75, 3.05) is 0 Å². The van der Waals surface area contributed by atoms with Crippen molar-refractivity contribution in [3.8, 4) is 0 Å². The second-order valence-electron chi connectivity index (χ2n) is 6.90. The molecule has 0 radical (unpaired) electrons. The Hall–Kier alpha value is 0.177. The molecule has 0 N–H and O–H groups in total. The van der Waals surface area contributed by atoms with Gasteiger partial charge in [-0.1, -0.05) is 71.6 Å². The van der Waals surface area contributed by atoms with Gasteiger partial charge in [0.25, 0.3) is 0 Å². The van der Waals surface area contributed by atoms with Gasteiger partial charge in [-0.3, -0.25) is 0 Å². The first-order valence-corrected chi connectivity index (χ1v) is 12.1. The highest BCUT2D eigenvalue weighted by molar-refractivity contribution is 6.69. The van der Waals surface area contributed by atoms with E-state index in [-0.39, 0.29) is 0 Å². The van der Waals surface area contributed by atoms with Crippen molar-refractivity contribution >= 4 is 8.32 Å². The van der Waals surface area contributed by atoms with E-state index in [0.29, 0.717) is 6.10 Å². The SMILES string of the molecule is CCCCCCCCCC(CCCC)O[Si](C)(C)C. The van der Waals surface area contributed by atoms with Crippen LogP contribution in [0.5, 0.6) is 0 Å². The molecule has 0 spiro atoms. The van der Waals surface area contributed by atoms with Crippen molar-refractivity contribution in [1.82, 2.24) is 0 Å². The van der Waals surface area contributed by atoms with Crippen molar-refractivity contribution in [3.05, 3.63) is 0 Å². The zero-order valence-electron chi connectivity index (χ0n) is 14.3. The number of hydrogen-bond donors (Lipinski definition) is 0. The molecule has 0 aliphatic heterocycles. The first kappa shape index (κ1) is 19.2. The van der Waals surface area contributed by atoms with Gasteiger partial charge in [-0.15, -0.1) is 0 Å². The largest absolute Gasteiger partial charge is 0.415 e. The van der Waals surface area contributed by atoms with E-state index < -0.39 is 8.32 Å². The Morgan fingerprint density at radius 3 is 1.68 bits per heavy atom. The predicted octanol–water partition coefficient (Wildman–Crippen LogP) is 6.54. The maximum Gasteiger partial charge on any atom is 0.184 e. The summed E-state index contributed by atoms with van der Waals surface area (Å²) >= 11 is 0.